The van der Waals surface area contributed by atoms with Crippen molar-refractivity contribution in [2.45, 2.75) is 38.8 Å². The Labute approximate surface area is 126 Å². The number of sulfone groups is 1. The Hall–Kier alpha value is -1.11. The molecule has 6 heteroatoms. The molecule has 21 heavy (non-hydrogen) atoms. The van der Waals surface area contributed by atoms with E-state index in [1.807, 2.05) is 38.1 Å². The lowest BCUT2D eigenvalue weighted by molar-refractivity contribution is 0.242. The fraction of sp³-hybridized carbons (Fsp3) is 0.600. The SMILES string of the molecule is CC(C)Oc1ccc(C(CC2CCS(=O)(=O)C2)NN)cc1. The van der Waals surface area contributed by atoms with Gasteiger partial charge in [-0.2, -0.15) is 0 Å². The molecule has 1 fully saturated rings. The summed E-state index contributed by atoms with van der Waals surface area (Å²) in [5.41, 5.74) is 3.85. The number of benzene rings is 1. The second-order valence-corrected chi connectivity index (χ2v) is 8.19. The molecule has 2 atom stereocenters. The molecule has 1 heterocycles. The molecule has 1 aliphatic heterocycles. The Bertz CT molecular complexity index is 555. The molecule has 0 aliphatic carbocycles. The predicted molar refractivity (Wildman–Crippen MR) is 83.6 cm³/mol. The quantitative estimate of drug-likeness (QED) is 0.618. The molecule has 5 nitrogen and oxygen atoms in total. The standard InChI is InChI=1S/C15H24N2O3S/c1-11(2)20-14-5-3-13(4-6-14)15(17-16)9-12-7-8-21(18,19)10-12/h3-6,11-12,15,17H,7-10,16H2,1-2H3. The third kappa shape index (κ3) is 4.69. The first-order chi connectivity index (χ1) is 9.89. The largest absolute Gasteiger partial charge is 0.491 e. The van der Waals surface area contributed by atoms with E-state index in [1.54, 1.807) is 0 Å². The highest BCUT2D eigenvalue weighted by Gasteiger charge is 2.29. The molecule has 0 amide bonds. The van der Waals surface area contributed by atoms with Crippen molar-refractivity contribution in [1.82, 2.24) is 5.43 Å². The molecule has 1 aromatic rings. The van der Waals surface area contributed by atoms with Crippen LogP contribution in [0.3, 0.4) is 0 Å². The summed E-state index contributed by atoms with van der Waals surface area (Å²) in [5, 5.41) is 0. The summed E-state index contributed by atoms with van der Waals surface area (Å²) in [5.74, 6) is 7.23. The summed E-state index contributed by atoms with van der Waals surface area (Å²) < 4.78 is 28.7. The molecule has 118 valence electrons. The van der Waals surface area contributed by atoms with Crippen molar-refractivity contribution in [2.75, 3.05) is 11.5 Å². The highest BCUT2D eigenvalue weighted by Crippen LogP contribution is 2.29. The van der Waals surface area contributed by atoms with Gasteiger partial charge in [0.25, 0.3) is 0 Å². The van der Waals surface area contributed by atoms with E-state index in [1.165, 1.54) is 0 Å². The van der Waals surface area contributed by atoms with E-state index in [9.17, 15) is 8.42 Å². The Morgan fingerprint density at radius 2 is 2.00 bits per heavy atom. The summed E-state index contributed by atoms with van der Waals surface area (Å²) in [6, 6.07) is 7.77. The molecule has 1 aliphatic rings. The molecule has 2 rings (SSSR count). The number of nitrogens with two attached hydrogens (primary N) is 1. The maximum Gasteiger partial charge on any atom is 0.150 e. The Kier molecular flexibility index (Phi) is 5.24. The van der Waals surface area contributed by atoms with Crippen molar-refractivity contribution in [3.63, 3.8) is 0 Å². The monoisotopic (exact) mass is 312 g/mol. The van der Waals surface area contributed by atoms with Crippen LogP contribution in [0.1, 0.15) is 38.3 Å². The van der Waals surface area contributed by atoms with Gasteiger partial charge >= 0.3 is 0 Å². The number of ether oxygens (including phenoxy) is 1. The van der Waals surface area contributed by atoms with E-state index in [0.29, 0.717) is 5.75 Å². The van der Waals surface area contributed by atoms with E-state index < -0.39 is 9.84 Å². The molecule has 0 saturated carbocycles. The third-order valence-electron chi connectivity index (χ3n) is 3.75. The zero-order chi connectivity index (χ0) is 15.5. The van der Waals surface area contributed by atoms with Crippen LogP contribution in [0.4, 0.5) is 0 Å². The minimum Gasteiger partial charge on any atom is -0.491 e. The van der Waals surface area contributed by atoms with Crippen LogP contribution in [0.15, 0.2) is 24.3 Å². The van der Waals surface area contributed by atoms with Gasteiger partial charge in [-0.15, -0.1) is 0 Å². The molecule has 0 bridgehead atoms. The van der Waals surface area contributed by atoms with E-state index in [2.05, 4.69) is 5.43 Å². The lowest BCUT2D eigenvalue weighted by atomic mass is 9.95. The molecular formula is C15H24N2O3S. The van der Waals surface area contributed by atoms with Crippen molar-refractivity contribution in [3.05, 3.63) is 29.8 Å². The van der Waals surface area contributed by atoms with Gasteiger partial charge in [-0.3, -0.25) is 11.3 Å². The maximum atomic E-state index is 11.5. The highest BCUT2D eigenvalue weighted by atomic mass is 32.2. The predicted octanol–water partition coefficient (Wildman–Crippen LogP) is 1.80. The second kappa shape index (κ2) is 6.77. The van der Waals surface area contributed by atoms with E-state index in [0.717, 1.165) is 24.2 Å². The van der Waals surface area contributed by atoms with Gasteiger partial charge in [-0.25, -0.2) is 8.42 Å². The van der Waals surface area contributed by atoms with E-state index >= 15 is 0 Å². The molecule has 0 spiro atoms. The average Bonchev–Trinajstić information content (AvgIpc) is 2.76. The Balaban J connectivity index is 2.00. The fourth-order valence-corrected chi connectivity index (χ4v) is 4.62. The van der Waals surface area contributed by atoms with Crippen LogP contribution in [0, 0.1) is 5.92 Å². The maximum absolute atomic E-state index is 11.5. The zero-order valence-corrected chi connectivity index (χ0v) is 13.4. The van der Waals surface area contributed by atoms with Crippen LogP contribution in [0.5, 0.6) is 5.75 Å². The van der Waals surface area contributed by atoms with Crippen molar-refractivity contribution in [1.29, 1.82) is 0 Å². The van der Waals surface area contributed by atoms with Crippen molar-refractivity contribution in [3.8, 4) is 5.75 Å². The first kappa shape index (κ1) is 16.3. The van der Waals surface area contributed by atoms with Gasteiger partial charge < -0.3 is 4.74 Å². The van der Waals surface area contributed by atoms with Gasteiger partial charge in [0.05, 0.1) is 17.6 Å². The highest BCUT2D eigenvalue weighted by molar-refractivity contribution is 7.91. The number of rotatable bonds is 6. The second-order valence-electron chi connectivity index (χ2n) is 5.96. The summed E-state index contributed by atoms with van der Waals surface area (Å²) >= 11 is 0. The van der Waals surface area contributed by atoms with Crippen LogP contribution < -0.4 is 16.0 Å². The van der Waals surface area contributed by atoms with Gasteiger partial charge in [-0.05, 0) is 50.3 Å². The minimum absolute atomic E-state index is 0.0311. The molecule has 1 aromatic carbocycles. The summed E-state index contributed by atoms with van der Waals surface area (Å²) in [7, 11) is -2.84. The van der Waals surface area contributed by atoms with Crippen LogP contribution in [0.2, 0.25) is 0 Å². The summed E-state index contributed by atoms with van der Waals surface area (Å²) in [6.07, 6.45) is 1.61. The molecule has 2 unspecified atom stereocenters. The van der Waals surface area contributed by atoms with Crippen LogP contribution in [0.25, 0.3) is 0 Å². The van der Waals surface area contributed by atoms with Gasteiger partial charge in [0.15, 0.2) is 9.84 Å². The molecule has 1 saturated heterocycles. The van der Waals surface area contributed by atoms with Crippen LogP contribution in [-0.4, -0.2) is 26.0 Å². The third-order valence-corrected chi connectivity index (χ3v) is 5.59. The number of hydrazine groups is 1. The Morgan fingerprint density at radius 3 is 2.48 bits per heavy atom. The normalized spacial score (nSPS) is 22.4. The fourth-order valence-electron chi connectivity index (χ4n) is 2.74. The number of hydrogen-bond donors (Lipinski definition) is 2. The Morgan fingerprint density at radius 1 is 1.33 bits per heavy atom. The molecular weight excluding hydrogens is 288 g/mol. The van der Waals surface area contributed by atoms with Gasteiger partial charge in [0.1, 0.15) is 5.75 Å². The summed E-state index contributed by atoms with van der Waals surface area (Å²) in [4.78, 5) is 0. The van der Waals surface area contributed by atoms with Crippen molar-refractivity contribution >= 4 is 9.84 Å². The van der Waals surface area contributed by atoms with E-state index in [4.69, 9.17) is 10.6 Å². The lowest BCUT2D eigenvalue weighted by Gasteiger charge is -2.20. The van der Waals surface area contributed by atoms with Crippen molar-refractivity contribution < 1.29 is 13.2 Å². The molecule has 0 aromatic heterocycles. The van der Waals surface area contributed by atoms with Gasteiger partial charge in [0.2, 0.25) is 0 Å². The number of hydrogen-bond acceptors (Lipinski definition) is 5. The van der Waals surface area contributed by atoms with Gasteiger partial charge in [0, 0.05) is 6.04 Å². The van der Waals surface area contributed by atoms with Crippen molar-refractivity contribution in [2.24, 2.45) is 11.8 Å². The number of nitrogens with one attached hydrogen (secondary N) is 1. The molecule has 3 N–H and O–H groups in total. The lowest BCUT2D eigenvalue weighted by Crippen LogP contribution is -2.30. The average molecular weight is 312 g/mol. The molecule has 0 radical (unpaired) electrons. The topological polar surface area (TPSA) is 81.4 Å². The minimum atomic E-state index is -2.84. The summed E-state index contributed by atoms with van der Waals surface area (Å²) in [6.45, 7) is 3.97. The van der Waals surface area contributed by atoms with Crippen LogP contribution >= 0.6 is 0 Å². The zero-order valence-electron chi connectivity index (χ0n) is 12.6. The smallest absolute Gasteiger partial charge is 0.150 e. The van der Waals surface area contributed by atoms with Gasteiger partial charge in [-0.1, -0.05) is 12.1 Å². The van der Waals surface area contributed by atoms with Crippen LogP contribution in [-0.2, 0) is 9.84 Å². The first-order valence-electron chi connectivity index (χ1n) is 7.33. The van der Waals surface area contributed by atoms with E-state index in [-0.39, 0.29) is 23.8 Å². The first-order valence-corrected chi connectivity index (χ1v) is 9.15.